The van der Waals surface area contributed by atoms with Crippen LogP contribution in [0.2, 0.25) is 0 Å². The van der Waals surface area contributed by atoms with E-state index in [2.05, 4.69) is 43.5 Å². The fraction of sp³-hybridized carbons (Fsp3) is 0.611. The molecule has 1 heterocycles. The molecule has 0 saturated carbocycles. The van der Waals surface area contributed by atoms with Crippen LogP contribution in [0, 0.1) is 11.8 Å². The lowest BCUT2D eigenvalue weighted by molar-refractivity contribution is -0.124. The average molecular weight is 325 g/mol. The molecule has 22 heavy (non-hydrogen) atoms. The molecular formula is C18H29ClN2O. The molecule has 2 unspecified atom stereocenters. The number of hydrogen-bond donors (Lipinski definition) is 2. The largest absolute Gasteiger partial charge is 0.347 e. The molecule has 2 atom stereocenters. The zero-order valence-corrected chi connectivity index (χ0v) is 14.7. The van der Waals surface area contributed by atoms with E-state index in [4.69, 9.17) is 0 Å². The van der Waals surface area contributed by atoms with Gasteiger partial charge in [-0.2, -0.15) is 0 Å². The Bertz CT molecular complexity index is 455. The minimum absolute atomic E-state index is 0. The first-order valence-electron chi connectivity index (χ1n) is 8.06. The summed E-state index contributed by atoms with van der Waals surface area (Å²) in [6.07, 6.45) is 3.08. The Balaban J connectivity index is 0.00000242. The van der Waals surface area contributed by atoms with Gasteiger partial charge in [-0.05, 0) is 57.2 Å². The van der Waals surface area contributed by atoms with E-state index < -0.39 is 0 Å². The van der Waals surface area contributed by atoms with Crippen molar-refractivity contribution < 1.29 is 4.79 Å². The van der Waals surface area contributed by atoms with Gasteiger partial charge in [0.1, 0.15) is 0 Å². The van der Waals surface area contributed by atoms with Crippen molar-refractivity contribution in [2.45, 2.75) is 45.6 Å². The van der Waals surface area contributed by atoms with Gasteiger partial charge in [-0.3, -0.25) is 4.79 Å². The zero-order valence-electron chi connectivity index (χ0n) is 13.9. The van der Waals surface area contributed by atoms with Crippen molar-refractivity contribution in [3.63, 3.8) is 0 Å². The van der Waals surface area contributed by atoms with Crippen LogP contribution in [0.15, 0.2) is 30.3 Å². The van der Waals surface area contributed by atoms with E-state index in [1.54, 1.807) is 0 Å². The lowest BCUT2D eigenvalue weighted by Gasteiger charge is -2.31. The second-order valence-corrected chi connectivity index (χ2v) is 6.83. The molecule has 0 spiro atoms. The van der Waals surface area contributed by atoms with Crippen LogP contribution >= 0.6 is 12.4 Å². The van der Waals surface area contributed by atoms with Gasteiger partial charge < -0.3 is 10.6 Å². The summed E-state index contributed by atoms with van der Waals surface area (Å²) in [6, 6.07) is 10.2. The van der Waals surface area contributed by atoms with Gasteiger partial charge in [0.15, 0.2) is 0 Å². The van der Waals surface area contributed by atoms with Crippen LogP contribution in [-0.2, 0) is 10.3 Å². The molecule has 2 rings (SSSR count). The molecule has 0 aromatic heterocycles. The number of hydrogen-bond acceptors (Lipinski definition) is 2. The van der Waals surface area contributed by atoms with E-state index in [0.29, 0.717) is 18.3 Å². The molecule has 0 bridgehead atoms. The number of halogens is 1. The van der Waals surface area contributed by atoms with Crippen LogP contribution in [0.4, 0.5) is 0 Å². The Kier molecular flexibility index (Phi) is 7.37. The zero-order chi connectivity index (χ0) is 15.3. The highest BCUT2D eigenvalue weighted by Crippen LogP contribution is 2.24. The standard InChI is InChI=1S/C18H28N2O.ClH/c1-14(15-8-7-11-19-13-15)12-17(21)20-18(2,3)16-9-5-4-6-10-16;/h4-6,9-10,14-15,19H,7-8,11-13H2,1-3H3,(H,20,21);1H. The van der Waals surface area contributed by atoms with Crippen LogP contribution in [0.5, 0.6) is 0 Å². The predicted molar refractivity (Wildman–Crippen MR) is 94.2 cm³/mol. The van der Waals surface area contributed by atoms with Crippen LogP contribution in [0.3, 0.4) is 0 Å². The first-order valence-corrected chi connectivity index (χ1v) is 8.06. The van der Waals surface area contributed by atoms with Gasteiger partial charge in [0.25, 0.3) is 0 Å². The number of rotatable bonds is 5. The Morgan fingerprint density at radius 2 is 2.05 bits per heavy atom. The van der Waals surface area contributed by atoms with Crippen molar-refractivity contribution in [2.75, 3.05) is 13.1 Å². The molecule has 1 aromatic carbocycles. The third-order valence-electron chi connectivity index (χ3n) is 4.59. The van der Waals surface area contributed by atoms with Gasteiger partial charge in [0, 0.05) is 6.42 Å². The minimum atomic E-state index is -0.317. The fourth-order valence-corrected chi connectivity index (χ4v) is 3.15. The summed E-state index contributed by atoms with van der Waals surface area (Å²) in [5.41, 5.74) is 0.827. The van der Waals surface area contributed by atoms with Crippen molar-refractivity contribution in [1.82, 2.24) is 10.6 Å². The number of nitrogens with one attached hydrogen (secondary N) is 2. The molecule has 0 radical (unpaired) electrons. The first-order chi connectivity index (χ1) is 9.99. The summed E-state index contributed by atoms with van der Waals surface area (Å²) < 4.78 is 0. The van der Waals surface area contributed by atoms with E-state index >= 15 is 0 Å². The van der Waals surface area contributed by atoms with Gasteiger partial charge in [-0.25, -0.2) is 0 Å². The number of amides is 1. The molecule has 2 N–H and O–H groups in total. The third-order valence-corrected chi connectivity index (χ3v) is 4.59. The third kappa shape index (κ3) is 5.29. The average Bonchev–Trinajstić information content (AvgIpc) is 2.48. The number of carbonyl (C=O) groups excluding carboxylic acids is 1. The molecular weight excluding hydrogens is 296 g/mol. The van der Waals surface area contributed by atoms with E-state index in [1.165, 1.54) is 12.8 Å². The monoisotopic (exact) mass is 324 g/mol. The highest BCUT2D eigenvalue weighted by molar-refractivity contribution is 5.85. The molecule has 1 saturated heterocycles. The van der Waals surface area contributed by atoms with Gasteiger partial charge in [-0.15, -0.1) is 12.4 Å². The van der Waals surface area contributed by atoms with Crippen molar-refractivity contribution in [1.29, 1.82) is 0 Å². The van der Waals surface area contributed by atoms with Gasteiger partial charge in [0.2, 0.25) is 5.91 Å². The molecule has 1 fully saturated rings. The van der Waals surface area contributed by atoms with Crippen molar-refractivity contribution >= 4 is 18.3 Å². The van der Waals surface area contributed by atoms with Crippen molar-refractivity contribution in [3.8, 4) is 0 Å². The minimum Gasteiger partial charge on any atom is -0.347 e. The molecule has 1 aromatic rings. The predicted octanol–water partition coefficient (Wildman–Crippen LogP) is 3.49. The Morgan fingerprint density at radius 3 is 2.64 bits per heavy atom. The Hall–Kier alpha value is -1.06. The molecule has 1 amide bonds. The SMILES string of the molecule is CC(CC(=O)NC(C)(C)c1ccccc1)C1CCCNC1.Cl. The van der Waals surface area contributed by atoms with Gasteiger partial charge >= 0.3 is 0 Å². The Morgan fingerprint density at radius 1 is 1.36 bits per heavy atom. The lowest BCUT2D eigenvalue weighted by Crippen LogP contribution is -2.42. The van der Waals surface area contributed by atoms with E-state index in [1.807, 2.05) is 18.2 Å². The molecule has 0 aliphatic carbocycles. The van der Waals surface area contributed by atoms with Crippen molar-refractivity contribution in [3.05, 3.63) is 35.9 Å². The van der Waals surface area contributed by atoms with Gasteiger partial charge in [-0.1, -0.05) is 37.3 Å². The Labute approximate surface area is 140 Å². The summed E-state index contributed by atoms with van der Waals surface area (Å²) in [4.78, 5) is 12.4. The number of piperidine rings is 1. The fourth-order valence-electron chi connectivity index (χ4n) is 3.15. The maximum Gasteiger partial charge on any atom is 0.220 e. The highest BCUT2D eigenvalue weighted by atomic mass is 35.5. The summed E-state index contributed by atoms with van der Waals surface area (Å²) in [7, 11) is 0. The highest BCUT2D eigenvalue weighted by Gasteiger charge is 2.26. The van der Waals surface area contributed by atoms with Crippen molar-refractivity contribution in [2.24, 2.45) is 11.8 Å². The smallest absolute Gasteiger partial charge is 0.220 e. The van der Waals surface area contributed by atoms with E-state index in [-0.39, 0.29) is 23.9 Å². The lowest BCUT2D eigenvalue weighted by atomic mass is 9.85. The van der Waals surface area contributed by atoms with Crippen LogP contribution in [0.1, 0.15) is 45.6 Å². The summed E-state index contributed by atoms with van der Waals surface area (Å²) in [6.45, 7) is 8.50. The second kappa shape index (κ2) is 8.54. The van der Waals surface area contributed by atoms with E-state index in [9.17, 15) is 4.79 Å². The summed E-state index contributed by atoms with van der Waals surface area (Å²) in [5, 5.41) is 6.61. The number of carbonyl (C=O) groups is 1. The molecule has 4 heteroatoms. The number of benzene rings is 1. The topological polar surface area (TPSA) is 41.1 Å². The van der Waals surface area contributed by atoms with Gasteiger partial charge in [0.05, 0.1) is 5.54 Å². The maximum absolute atomic E-state index is 12.4. The molecule has 1 aliphatic rings. The molecule has 124 valence electrons. The molecule has 1 aliphatic heterocycles. The normalized spacial score (nSPS) is 19.9. The van der Waals surface area contributed by atoms with E-state index in [0.717, 1.165) is 18.7 Å². The first kappa shape index (κ1) is 19.0. The van der Waals surface area contributed by atoms with Crippen LogP contribution in [-0.4, -0.2) is 19.0 Å². The quantitative estimate of drug-likeness (QED) is 0.870. The second-order valence-electron chi connectivity index (χ2n) is 6.83. The maximum atomic E-state index is 12.4. The van der Waals surface area contributed by atoms with Crippen LogP contribution in [0.25, 0.3) is 0 Å². The molecule has 3 nitrogen and oxygen atoms in total. The summed E-state index contributed by atoms with van der Waals surface area (Å²) in [5.74, 6) is 1.22. The summed E-state index contributed by atoms with van der Waals surface area (Å²) >= 11 is 0. The van der Waals surface area contributed by atoms with Crippen LogP contribution < -0.4 is 10.6 Å².